The van der Waals surface area contributed by atoms with Crippen LogP contribution in [-0.2, 0) is 38.2 Å². The zero-order chi connectivity index (χ0) is 31.6. The number of fused-ring (bicyclic) bond motifs is 1. The second kappa shape index (κ2) is 12.3. The van der Waals surface area contributed by atoms with E-state index in [4.69, 9.17) is 15.2 Å². The molecule has 230 valence electrons. The number of hydrogen-bond donors (Lipinski definition) is 4. The van der Waals surface area contributed by atoms with E-state index in [0.717, 1.165) is 30.7 Å². The molecule has 0 aromatic heterocycles. The number of carboxylic acids is 1. The zero-order valence-corrected chi connectivity index (χ0v) is 24.3. The van der Waals surface area contributed by atoms with Crippen molar-refractivity contribution in [3.05, 3.63) is 41.1 Å². The summed E-state index contributed by atoms with van der Waals surface area (Å²) in [6.45, 7) is 2.80. The van der Waals surface area contributed by atoms with E-state index in [2.05, 4.69) is 10.6 Å². The van der Waals surface area contributed by atoms with Crippen LogP contribution in [0.1, 0.15) is 25.5 Å². The van der Waals surface area contributed by atoms with Crippen molar-refractivity contribution < 1.29 is 48.1 Å². The lowest BCUT2D eigenvalue weighted by molar-refractivity contribution is -0.193. The molecule has 0 aliphatic carbocycles. The Morgan fingerprint density at radius 3 is 2.40 bits per heavy atom. The number of nitrogens with one attached hydrogen (secondary N) is 2. The van der Waals surface area contributed by atoms with Crippen LogP contribution in [0, 0.1) is 0 Å². The van der Waals surface area contributed by atoms with E-state index < -0.39 is 64.4 Å². The summed E-state index contributed by atoms with van der Waals surface area (Å²) in [6.07, 6.45) is 0. The first-order valence-electron chi connectivity index (χ1n) is 13.0. The van der Waals surface area contributed by atoms with Gasteiger partial charge in [0.15, 0.2) is 0 Å². The highest BCUT2D eigenvalue weighted by molar-refractivity contribution is 8.00. The first-order valence-corrected chi connectivity index (χ1v) is 14.1. The summed E-state index contributed by atoms with van der Waals surface area (Å²) in [6, 6.07) is 3.36. The highest BCUT2D eigenvalue weighted by Crippen LogP contribution is 2.46. The van der Waals surface area contributed by atoms with Crippen LogP contribution in [-0.4, -0.2) is 112 Å². The summed E-state index contributed by atoms with van der Waals surface area (Å²) in [5, 5.41) is 13.8. The molecule has 1 aromatic rings. The van der Waals surface area contributed by atoms with Crippen LogP contribution >= 0.6 is 11.8 Å². The van der Waals surface area contributed by atoms with Gasteiger partial charge in [0.25, 0.3) is 11.6 Å². The van der Waals surface area contributed by atoms with Crippen molar-refractivity contribution >= 4 is 59.0 Å². The molecule has 0 radical (unpaired) electrons. The number of carbonyl (C=O) groups is 7. The zero-order valence-electron chi connectivity index (χ0n) is 23.4. The molecule has 16 nitrogen and oxygen atoms in total. The summed E-state index contributed by atoms with van der Waals surface area (Å²) in [7, 11) is 1.16. The number of rotatable bonds is 9. The normalized spacial score (nSPS) is 22.4. The maximum atomic E-state index is 13.8. The Morgan fingerprint density at radius 1 is 1.14 bits per heavy atom. The molecule has 4 rings (SSSR count). The third-order valence-corrected chi connectivity index (χ3v) is 8.50. The molecule has 0 saturated carbocycles. The Balaban J connectivity index is 1.60. The Labute approximate surface area is 249 Å². The van der Waals surface area contributed by atoms with E-state index in [0.29, 0.717) is 10.6 Å². The van der Waals surface area contributed by atoms with Gasteiger partial charge < -0.3 is 35.8 Å². The van der Waals surface area contributed by atoms with E-state index in [1.807, 2.05) is 0 Å². The third-order valence-electron chi connectivity index (χ3n) is 7.13. The second-order valence-electron chi connectivity index (χ2n) is 9.70. The van der Waals surface area contributed by atoms with Gasteiger partial charge in [0.2, 0.25) is 5.91 Å². The van der Waals surface area contributed by atoms with Gasteiger partial charge in [-0.15, -0.1) is 11.8 Å². The maximum Gasteiger partial charge on any atom is 0.352 e. The molecule has 5 N–H and O–H groups in total. The second-order valence-corrected chi connectivity index (χ2v) is 10.8. The van der Waals surface area contributed by atoms with E-state index in [9.17, 15) is 38.7 Å². The third kappa shape index (κ3) is 5.72. The van der Waals surface area contributed by atoms with E-state index >= 15 is 0 Å². The lowest BCUT2D eigenvalue weighted by atomic mass is 9.96. The number of anilines is 1. The van der Waals surface area contributed by atoms with Crippen molar-refractivity contribution in [1.29, 1.82) is 0 Å². The van der Waals surface area contributed by atoms with Crippen molar-refractivity contribution in [2.24, 2.45) is 0 Å². The van der Waals surface area contributed by atoms with Crippen LogP contribution in [0.3, 0.4) is 0 Å². The first-order chi connectivity index (χ1) is 20.4. The summed E-state index contributed by atoms with van der Waals surface area (Å²) < 4.78 is 10.4. The molecule has 3 aliphatic heterocycles. The highest BCUT2D eigenvalue weighted by atomic mass is 32.2. The average Bonchev–Trinajstić information content (AvgIpc) is 2.98. The van der Waals surface area contributed by atoms with Gasteiger partial charge in [0.05, 0.1) is 0 Å². The molecule has 0 unspecified atom stereocenters. The van der Waals surface area contributed by atoms with Crippen molar-refractivity contribution in [2.75, 3.05) is 44.8 Å². The van der Waals surface area contributed by atoms with Gasteiger partial charge in [-0.3, -0.25) is 33.8 Å². The van der Waals surface area contributed by atoms with Gasteiger partial charge in [0, 0.05) is 50.7 Å². The number of urea groups is 1. The number of β-lactam (4-membered cyclic amide) rings is 1. The lowest BCUT2D eigenvalue weighted by Crippen LogP contribution is -2.81. The number of nitrogens with zero attached hydrogens (tertiary/aromatic N) is 3. The van der Waals surface area contributed by atoms with Crippen molar-refractivity contribution in [3.8, 4) is 0 Å². The van der Waals surface area contributed by atoms with Gasteiger partial charge in [0.1, 0.15) is 23.7 Å². The van der Waals surface area contributed by atoms with Crippen molar-refractivity contribution in [1.82, 2.24) is 25.3 Å². The van der Waals surface area contributed by atoms with Gasteiger partial charge in [-0.25, -0.2) is 9.59 Å². The van der Waals surface area contributed by atoms with Gasteiger partial charge in [-0.2, -0.15) is 0 Å². The number of thioether (sulfide) groups is 1. The van der Waals surface area contributed by atoms with Gasteiger partial charge in [-0.05, 0) is 24.6 Å². The van der Waals surface area contributed by atoms with Crippen LogP contribution in [0.2, 0.25) is 0 Å². The standard InChI is InChI=1S/C26H30N6O10S/c1-4-30-9-10-31(21(36)20(30)35)25(40)28-17(14-5-7-16(27)8-6-14)19(34)29-26(41-3)23(39)32-18(22(37)38)15(11-42-13(2)33)12-43-24(26)32/h5-8,17,24H,4,9-12,27H2,1-3H3,(H,28,40)(H,29,34)(H,37,38)/t17-,24+,26+/m1/s1. The lowest BCUT2D eigenvalue weighted by Gasteiger charge is -2.56. The Bertz CT molecular complexity index is 1420. The van der Waals surface area contributed by atoms with Crippen LogP contribution in [0.15, 0.2) is 35.5 Å². The number of nitrogens with two attached hydrogens (primary N) is 1. The molecule has 3 heterocycles. The Kier molecular flexibility index (Phi) is 8.96. The molecule has 3 aliphatic rings. The largest absolute Gasteiger partial charge is 0.477 e. The van der Waals surface area contributed by atoms with E-state index in [-0.39, 0.29) is 43.1 Å². The minimum atomic E-state index is -2.02. The summed E-state index contributed by atoms with van der Waals surface area (Å²) in [5.41, 5.74) is 4.13. The van der Waals surface area contributed by atoms with E-state index in [1.165, 1.54) is 29.2 Å². The van der Waals surface area contributed by atoms with Gasteiger partial charge >= 0.3 is 29.8 Å². The van der Waals surface area contributed by atoms with Crippen LogP contribution < -0.4 is 16.4 Å². The average molecular weight is 619 g/mol. The summed E-state index contributed by atoms with van der Waals surface area (Å²) in [5.74, 6) is -5.78. The Morgan fingerprint density at radius 2 is 1.81 bits per heavy atom. The quantitative estimate of drug-likeness (QED) is 0.0860. The molecule has 2 saturated heterocycles. The number of methoxy groups -OCH3 is 1. The summed E-state index contributed by atoms with van der Waals surface area (Å²) >= 11 is 1.07. The van der Waals surface area contributed by atoms with Gasteiger partial charge in [-0.1, -0.05) is 12.1 Å². The van der Waals surface area contributed by atoms with Crippen molar-refractivity contribution in [2.45, 2.75) is 31.0 Å². The topological polar surface area (TPSA) is 218 Å². The fourth-order valence-electron chi connectivity index (χ4n) is 4.86. The predicted octanol–water partition coefficient (Wildman–Crippen LogP) is -1.01. The summed E-state index contributed by atoms with van der Waals surface area (Å²) in [4.78, 5) is 91.6. The fourth-order valence-corrected chi connectivity index (χ4v) is 6.28. The number of carboxylic acid groups (broad SMARTS) is 1. The van der Waals surface area contributed by atoms with Crippen molar-refractivity contribution in [3.63, 3.8) is 0 Å². The SMILES string of the molecule is CCN1CCN(C(=O)N[C@@H](C(=O)N[C@]2(OC)C(=O)N3C(C(=O)O)=C(COC(C)=O)CS[C@H]32)c2ccc(N)cc2)C(=O)C1=O. The Hall–Kier alpha value is -4.64. The predicted molar refractivity (Wildman–Crippen MR) is 148 cm³/mol. The number of amides is 6. The number of benzene rings is 1. The molecule has 17 heteroatoms. The number of hydrogen-bond acceptors (Lipinski definition) is 11. The van der Waals surface area contributed by atoms with E-state index in [1.54, 1.807) is 6.92 Å². The maximum absolute atomic E-state index is 13.8. The molecule has 1 aromatic carbocycles. The molecule has 3 atom stereocenters. The number of carbonyl (C=O) groups excluding carboxylic acids is 6. The number of esters is 1. The number of piperazine rings is 1. The fraction of sp³-hybridized carbons (Fsp3) is 0.423. The minimum Gasteiger partial charge on any atom is -0.477 e. The monoisotopic (exact) mass is 618 g/mol. The molecule has 0 bridgehead atoms. The number of ether oxygens (including phenoxy) is 2. The number of likely N-dealkylation sites (N-methyl/N-ethyl adjacent to an activating group) is 1. The molecule has 2 fully saturated rings. The smallest absolute Gasteiger partial charge is 0.352 e. The minimum absolute atomic E-state index is 0.0440. The van der Waals surface area contributed by atoms with Crippen LogP contribution in [0.25, 0.3) is 0 Å². The number of aliphatic carboxylic acids is 1. The van der Waals surface area contributed by atoms with Crippen LogP contribution in [0.5, 0.6) is 0 Å². The molecule has 43 heavy (non-hydrogen) atoms. The molecular weight excluding hydrogens is 588 g/mol. The highest BCUT2D eigenvalue weighted by Gasteiger charge is 2.67. The number of imide groups is 1. The molecule has 0 spiro atoms. The van der Waals surface area contributed by atoms with Crippen LogP contribution in [0.4, 0.5) is 10.5 Å². The molecule has 6 amide bonds. The number of nitrogen functional groups attached to an aromatic ring is 1. The molecular formula is C26H30N6O10S. The first kappa shape index (κ1) is 31.3.